The number of aryl methyl sites for hydroxylation is 1. The molecule has 1 unspecified atom stereocenters. The van der Waals surface area contributed by atoms with Gasteiger partial charge in [-0.1, -0.05) is 12.1 Å². The first-order chi connectivity index (χ1) is 8.11. The molecule has 3 nitrogen and oxygen atoms in total. The van der Waals surface area contributed by atoms with Crippen molar-refractivity contribution in [1.29, 1.82) is 0 Å². The van der Waals surface area contributed by atoms with Crippen LogP contribution in [0.3, 0.4) is 0 Å². The van der Waals surface area contributed by atoms with Crippen LogP contribution in [0, 0.1) is 0 Å². The van der Waals surface area contributed by atoms with Gasteiger partial charge < -0.3 is 14.3 Å². The number of carbonyl (C=O) groups is 1. The molecule has 17 heavy (non-hydrogen) atoms. The number of hydrogen-bond donors (Lipinski definition) is 0. The standard InChI is InChI=1S/C14H20O3/c1-4-16-12(3)17-14-9-7-13(8-10-14)6-5-11(2)15/h7-10,12H,4-6H2,1-3H3. The van der Waals surface area contributed by atoms with Gasteiger partial charge in [0.25, 0.3) is 0 Å². The lowest BCUT2D eigenvalue weighted by Crippen LogP contribution is -2.15. The van der Waals surface area contributed by atoms with E-state index in [0.717, 1.165) is 17.7 Å². The molecule has 0 aliphatic carbocycles. The van der Waals surface area contributed by atoms with Gasteiger partial charge in [-0.2, -0.15) is 0 Å². The van der Waals surface area contributed by atoms with E-state index in [4.69, 9.17) is 9.47 Å². The summed E-state index contributed by atoms with van der Waals surface area (Å²) in [5.41, 5.74) is 1.15. The second kappa shape index (κ2) is 7.07. The van der Waals surface area contributed by atoms with Crippen LogP contribution in [0.2, 0.25) is 0 Å². The van der Waals surface area contributed by atoms with Gasteiger partial charge in [0.1, 0.15) is 11.5 Å². The summed E-state index contributed by atoms with van der Waals surface area (Å²) in [6.45, 7) is 6.05. The van der Waals surface area contributed by atoms with Crippen LogP contribution in [0.25, 0.3) is 0 Å². The van der Waals surface area contributed by atoms with Crippen LogP contribution in [0.5, 0.6) is 5.75 Å². The van der Waals surface area contributed by atoms with E-state index in [0.29, 0.717) is 13.0 Å². The van der Waals surface area contributed by atoms with Crippen LogP contribution in [0.1, 0.15) is 32.8 Å². The van der Waals surface area contributed by atoms with Crippen molar-refractivity contribution in [2.45, 2.75) is 39.9 Å². The SMILES string of the molecule is CCOC(C)Oc1ccc(CCC(C)=O)cc1. The molecule has 1 aromatic carbocycles. The highest BCUT2D eigenvalue weighted by atomic mass is 16.7. The molecule has 3 heteroatoms. The molecule has 0 aliphatic heterocycles. The zero-order chi connectivity index (χ0) is 12.7. The molecule has 0 heterocycles. The molecule has 0 N–H and O–H groups in total. The first kappa shape index (κ1) is 13.7. The van der Waals surface area contributed by atoms with Crippen LogP contribution in [-0.2, 0) is 16.0 Å². The summed E-state index contributed by atoms with van der Waals surface area (Å²) in [4.78, 5) is 10.9. The molecule has 0 saturated heterocycles. The van der Waals surface area contributed by atoms with E-state index in [-0.39, 0.29) is 12.1 Å². The zero-order valence-electron chi connectivity index (χ0n) is 10.7. The van der Waals surface area contributed by atoms with Crippen LogP contribution in [0.15, 0.2) is 24.3 Å². The Morgan fingerprint density at radius 3 is 2.47 bits per heavy atom. The predicted octanol–water partition coefficient (Wildman–Crippen LogP) is 2.97. The molecule has 94 valence electrons. The Balaban J connectivity index is 2.47. The van der Waals surface area contributed by atoms with Crippen molar-refractivity contribution >= 4 is 5.78 Å². The smallest absolute Gasteiger partial charge is 0.196 e. The minimum atomic E-state index is -0.233. The van der Waals surface area contributed by atoms with Gasteiger partial charge in [0.05, 0.1) is 0 Å². The van der Waals surface area contributed by atoms with E-state index >= 15 is 0 Å². The maximum absolute atomic E-state index is 10.9. The molecule has 1 atom stereocenters. The fourth-order valence-electron chi connectivity index (χ4n) is 1.52. The number of rotatable bonds is 7. The van der Waals surface area contributed by atoms with Crippen LogP contribution in [0.4, 0.5) is 0 Å². The molecule has 0 amide bonds. The van der Waals surface area contributed by atoms with Gasteiger partial charge in [0.15, 0.2) is 6.29 Å². The quantitative estimate of drug-likeness (QED) is 0.683. The number of ether oxygens (including phenoxy) is 2. The maximum atomic E-state index is 10.9. The number of Topliss-reactive ketones (excluding diaryl/α,β-unsaturated/α-hetero) is 1. The van der Waals surface area contributed by atoms with Crippen molar-refractivity contribution in [3.8, 4) is 5.75 Å². The van der Waals surface area contributed by atoms with Crippen molar-refractivity contribution in [2.24, 2.45) is 0 Å². The first-order valence-electron chi connectivity index (χ1n) is 5.98. The third-order valence-corrected chi connectivity index (χ3v) is 2.39. The molecule has 0 aliphatic rings. The maximum Gasteiger partial charge on any atom is 0.196 e. The zero-order valence-corrected chi connectivity index (χ0v) is 10.7. The highest BCUT2D eigenvalue weighted by Gasteiger charge is 2.03. The van der Waals surface area contributed by atoms with Gasteiger partial charge in [-0.05, 0) is 44.9 Å². The summed E-state index contributed by atoms with van der Waals surface area (Å²) in [6.07, 6.45) is 1.15. The van der Waals surface area contributed by atoms with Crippen LogP contribution >= 0.6 is 0 Å². The Morgan fingerprint density at radius 1 is 1.29 bits per heavy atom. The van der Waals surface area contributed by atoms with Crippen LogP contribution in [-0.4, -0.2) is 18.7 Å². The molecule has 0 bridgehead atoms. The predicted molar refractivity (Wildman–Crippen MR) is 67.2 cm³/mol. The van der Waals surface area contributed by atoms with Gasteiger partial charge in [0.2, 0.25) is 0 Å². The number of carbonyl (C=O) groups excluding carboxylic acids is 1. The fraction of sp³-hybridized carbons (Fsp3) is 0.500. The van der Waals surface area contributed by atoms with E-state index in [1.165, 1.54) is 0 Å². The summed E-state index contributed by atoms with van der Waals surface area (Å²) in [6, 6.07) is 7.78. The lowest BCUT2D eigenvalue weighted by Gasteiger charge is -2.14. The van der Waals surface area contributed by atoms with E-state index < -0.39 is 0 Å². The van der Waals surface area contributed by atoms with Crippen LogP contribution < -0.4 is 4.74 Å². The molecular weight excluding hydrogens is 216 g/mol. The second-order valence-corrected chi connectivity index (χ2v) is 3.99. The monoisotopic (exact) mass is 236 g/mol. The fourth-order valence-corrected chi connectivity index (χ4v) is 1.52. The lowest BCUT2D eigenvalue weighted by molar-refractivity contribution is -0.116. The Hall–Kier alpha value is -1.35. The summed E-state index contributed by atoms with van der Waals surface area (Å²) in [5.74, 6) is 1.01. The Morgan fingerprint density at radius 2 is 1.94 bits per heavy atom. The Labute approximate surface area is 103 Å². The van der Waals surface area contributed by atoms with Crippen molar-refractivity contribution in [1.82, 2.24) is 0 Å². The van der Waals surface area contributed by atoms with Crippen molar-refractivity contribution < 1.29 is 14.3 Å². The Kier molecular flexibility index (Phi) is 5.70. The average molecular weight is 236 g/mol. The van der Waals surface area contributed by atoms with Gasteiger partial charge in [0, 0.05) is 13.0 Å². The Bertz CT molecular complexity index is 343. The number of ketones is 1. The largest absolute Gasteiger partial charge is 0.465 e. The van der Waals surface area contributed by atoms with Gasteiger partial charge >= 0.3 is 0 Å². The highest BCUT2D eigenvalue weighted by Crippen LogP contribution is 2.15. The van der Waals surface area contributed by atoms with E-state index in [2.05, 4.69) is 0 Å². The topological polar surface area (TPSA) is 35.5 Å². The van der Waals surface area contributed by atoms with E-state index in [1.807, 2.05) is 38.1 Å². The molecular formula is C14H20O3. The molecule has 0 aromatic heterocycles. The molecule has 0 fully saturated rings. The molecule has 1 rings (SSSR count). The minimum absolute atomic E-state index is 0.218. The van der Waals surface area contributed by atoms with E-state index in [1.54, 1.807) is 6.92 Å². The molecule has 0 spiro atoms. The minimum Gasteiger partial charge on any atom is -0.465 e. The third kappa shape index (κ3) is 5.50. The van der Waals surface area contributed by atoms with Gasteiger partial charge in [-0.3, -0.25) is 0 Å². The van der Waals surface area contributed by atoms with Crippen molar-refractivity contribution in [3.63, 3.8) is 0 Å². The van der Waals surface area contributed by atoms with Gasteiger partial charge in [-0.15, -0.1) is 0 Å². The molecule has 0 radical (unpaired) electrons. The second-order valence-electron chi connectivity index (χ2n) is 3.99. The summed E-state index contributed by atoms with van der Waals surface area (Å²) in [7, 11) is 0. The van der Waals surface area contributed by atoms with Crippen molar-refractivity contribution in [2.75, 3.05) is 6.61 Å². The normalized spacial score (nSPS) is 12.2. The number of benzene rings is 1. The summed E-state index contributed by atoms with van der Waals surface area (Å²) < 4.78 is 10.8. The summed E-state index contributed by atoms with van der Waals surface area (Å²) in [5, 5.41) is 0. The highest BCUT2D eigenvalue weighted by molar-refractivity contribution is 5.75. The molecule has 1 aromatic rings. The average Bonchev–Trinajstić information content (AvgIpc) is 2.28. The van der Waals surface area contributed by atoms with Gasteiger partial charge in [-0.25, -0.2) is 0 Å². The van der Waals surface area contributed by atoms with Crippen molar-refractivity contribution in [3.05, 3.63) is 29.8 Å². The number of hydrogen-bond acceptors (Lipinski definition) is 3. The first-order valence-corrected chi connectivity index (χ1v) is 5.98. The summed E-state index contributed by atoms with van der Waals surface area (Å²) >= 11 is 0. The molecule has 0 saturated carbocycles. The van der Waals surface area contributed by atoms with E-state index in [9.17, 15) is 4.79 Å². The third-order valence-electron chi connectivity index (χ3n) is 2.39. The lowest BCUT2D eigenvalue weighted by atomic mass is 10.1.